The molecule has 4 heteroatoms. The molecule has 0 heterocycles. The molecule has 0 atom stereocenters. The summed E-state index contributed by atoms with van der Waals surface area (Å²) >= 11 is 6.08. The largest absolute Gasteiger partial charge is 0.382 e. The van der Waals surface area contributed by atoms with Crippen LogP contribution < -0.4 is 10.6 Å². The summed E-state index contributed by atoms with van der Waals surface area (Å²) in [6.07, 6.45) is 7.68. The zero-order valence-electron chi connectivity index (χ0n) is 12.9. The van der Waals surface area contributed by atoms with E-state index in [-0.39, 0.29) is 5.91 Å². The van der Waals surface area contributed by atoms with Gasteiger partial charge in [0.2, 0.25) is 0 Å². The minimum atomic E-state index is -0.143. The lowest BCUT2D eigenvalue weighted by molar-refractivity contribution is 0.0963. The predicted octanol–water partition coefficient (Wildman–Crippen LogP) is 4.47. The molecule has 0 aromatic heterocycles. The van der Waals surface area contributed by atoms with Crippen LogP contribution in [0.3, 0.4) is 0 Å². The number of nitrogens with one attached hydrogen (secondary N) is 2. The average molecular weight is 309 g/mol. The number of hydrogen-bond donors (Lipinski definition) is 2. The summed E-state index contributed by atoms with van der Waals surface area (Å²) in [4.78, 5) is 11.8. The Morgan fingerprint density at radius 3 is 2.62 bits per heavy atom. The molecule has 3 nitrogen and oxygen atoms in total. The van der Waals surface area contributed by atoms with Crippen LogP contribution in [-0.2, 0) is 0 Å². The Hall–Kier alpha value is -1.22. The lowest BCUT2D eigenvalue weighted by Crippen LogP contribution is -2.26. The van der Waals surface area contributed by atoms with Crippen molar-refractivity contribution in [2.24, 2.45) is 5.92 Å². The van der Waals surface area contributed by atoms with Crippen LogP contribution in [0, 0.1) is 5.92 Å². The Balaban J connectivity index is 1.96. The molecular formula is C17H25ClN2O. The number of benzene rings is 1. The van der Waals surface area contributed by atoms with Gasteiger partial charge < -0.3 is 10.6 Å². The third-order valence-corrected chi connectivity index (χ3v) is 4.68. The smallest absolute Gasteiger partial charge is 0.252 e. The molecule has 2 N–H and O–H groups in total. The number of amides is 1. The van der Waals surface area contributed by atoms with Crippen LogP contribution in [0.25, 0.3) is 0 Å². The lowest BCUT2D eigenvalue weighted by Gasteiger charge is -2.29. The second-order valence-electron chi connectivity index (χ2n) is 5.92. The molecule has 1 aromatic carbocycles. The molecule has 0 unspecified atom stereocenters. The van der Waals surface area contributed by atoms with Crippen LogP contribution in [0.5, 0.6) is 0 Å². The fraction of sp³-hybridized carbons (Fsp3) is 0.588. The van der Waals surface area contributed by atoms with Gasteiger partial charge in [0, 0.05) is 18.8 Å². The van der Waals surface area contributed by atoms with E-state index in [9.17, 15) is 4.79 Å². The molecule has 0 radical (unpaired) electrons. The molecule has 1 aliphatic rings. The van der Waals surface area contributed by atoms with E-state index < -0.39 is 0 Å². The standard InChI is InChI=1S/C17H25ClN2O/c1-3-4-12-5-7-13(8-6-12)20-14-9-10-16(18)15(11-14)17(21)19-2/h9-13,20H,3-8H2,1-2H3,(H,19,21). The predicted molar refractivity (Wildman–Crippen MR) is 89.1 cm³/mol. The Bertz CT molecular complexity index is 482. The van der Waals surface area contributed by atoms with Gasteiger partial charge in [0.15, 0.2) is 0 Å². The highest BCUT2D eigenvalue weighted by atomic mass is 35.5. The molecule has 0 saturated heterocycles. The third-order valence-electron chi connectivity index (χ3n) is 4.35. The highest BCUT2D eigenvalue weighted by molar-refractivity contribution is 6.34. The Morgan fingerprint density at radius 1 is 1.29 bits per heavy atom. The van der Waals surface area contributed by atoms with E-state index in [1.54, 1.807) is 13.1 Å². The van der Waals surface area contributed by atoms with Crippen molar-refractivity contribution in [3.63, 3.8) is 0 Å². The van der Waals surface area contributed by atoms with Gasteiger partial charge >= 0.3 is 0 Å². The minimum Gasteiger partial charge on any atom is -0.382 e. The van der Waals surface area contributed by atoms with Crippen molar-refractivity contribution in [1.29, 1.82) is 0 Å². The average Bonchev–Trinajstić information content (AvgIpc) is 2.50. The van der Waals surface area contributed by atoms with Crippen LogP contribution in [-0.4, -0.2) is 19.0 Å². The third kappa shape index (κ3) is 4.37. The maximum Gasteiger partial charge on any atom is 0.252 e. The SMILES string of the molecule is CCCC1CCC(Nc2ccc(Cl)c(C(=O)NC)c2)CC1. The van der Waals surface area contributed by atoms with Crippen molar-refractivity contribution in [1.82, 2.24) is 5.32 Å². The number of rotatable bonds is 5. The van der Waals surface area contributed by atoms with Crippen molar-refractivity contribution < 1.29 is 4.79 Å². The molecule has 1 aliphatic carbocycles. The van der Waals surface area contributed by atoms with Crippen LogP contribution >= 0.6 is 11.6 Å². The molecule has 1 fully saturated rings. The van der Waals surface area contributed by atoms with Gasteiger partial charge in [0.25, 0.3) is 5.91 Å². The Morgan fingerprint density at radius 2 is 2.00 bits per heavy atom. The summed E-state index contributed by atoms with van der Waals surface area (Å²) in [5, 5.41) is 6.67. The van der Waals surface area contributed by atoms with Crippen molar-refractivity contribution in [3.8, 4) is 0 Å². The summed E-state index contributed by atoms with van der Waals surface area (Å²) in [5.41, 5.74) is 1.51. The number of carbonyl (C=O) groups excluding carboxylic acids is 1. The molecule has 2 rings (SSSR count). The van der Waals surface area contributed by atoms with Crippen molar-refractivity contribution >= 4 is 23.2 Å². The molecular weight excluding hydrogens is 284 g/mol. The van der Waals surface area contributed by atoms with Gasteiger partial charge in [-0.25, -0.2) is 0 Å². The van der Waals surface area contributed by atoms with Gasteiger partial charge in [0.05, 0.1) is 10.6 Å². The van der Waals surface area contributed by atoms with E-state index >= 15 is 0 Å². The fourth-order valence-electron chi connectivity index (χ4n) is 3.16. The number of hydrogen-bond acceptors (Lipinski definition) is 2. The quantitative estimate of drug-likeness (QED) is 0.842. The molecule has 0 spiro atoms. The summed E-state index contributed by atoms with van der Waals surface area (Å²) in [5.74, 6) is 0.759. The first-order valence-electron chi connectivity index (χ1n) is 7.92. The van der Waals surface area contributed by atoms with E-state index in [1.807, 2.05) is 12.1 Å². The van der Waals surface area contributed by atoms with Gasteiger partial charge in [0.1, 0.15) is 0 Å². The van der Waals surface area contributed by atoms with Crippen LogP contribution in [0.2, 0.25) is 5.02 Å². The van der Waals surface area contributed by atoms with Crippen LogP contribution in [0.4, 0.5) is 5.69 Å². The molecule has 21 heavy (non-hydrogen) atoms. The molecule has 1 aromatic rings. The summed E-state index contributed by atoms with van der Waals surface area (Å²) in [6, 6.07) is 6.10. The van der Waals surface area contributed by atoms with Gasteiger partial charge in [-0.05, 0) is 49.8 Å². The molecule has 116 valence electrons. The Kier molecular flexibility index (Phi) is 5.92. The normalized spacial score (nSPS) is 21.9. The van der Waals surface area contributed by atoms with E-state index in [1.165, 1.54) is 38.5 Å². The van der Waals surface area contributed by atoms with Gasteiger partial charge in [-0.3, -0.25) is 4.79 Å². The zero-order valence-corrected chi connectivity index (χ0v) is 13.7. The van der Waals surface area contributed by atoms with E-state index in [4.69, 9.17) is 11.6 Å². The first-order valence-corrected chi connectivity index (χ1v) is 8.30. The zero-order chi connectivity index (χ0) is 15.2. The van der Waals surface area contributed by atoms with Gasteiger partial charge in [-0.1, -0.05) is 31.4 Å². The Labute approximate surface area is 132 Å². The number of halogens is 1. The molecule has 1 saturated carbocycles. The number of anilines is 1. The van der Waals surface area contributed by atoms with E-state index in [0.29, 0.717) is 16.6 Å². The van der Waals surface area contributed by atoms with Crippen molar-refractivity contribution in [2.75, 3.05) is 12.4 Å². The monoisotopic (exact) mass is 308 g/mol. The first-order chi connectivity index (χ1) is 10.1. The summed E-state index contributed by atoms with van der Waals surface area (Å²) in [6.45, 7) is 2.26. The summed E-state index contributed by atoms with van der Waals surface area (Å²) < 4.78 is 0. The van der Waals surface area contributed by atoms with E-state index in [2.05, 4.69) is 17.6 Å². The van der Waals surface area contributed by atoms with Crippen molar-refractivity contribution in [2.45, 2.75) is 51.5 Å². The highest BCUT2D eigenvalue weighted by Crippen LogP contribution is 2.30. The van der Waals surface area contributed by atoms with Crippen LogP contribution in [0.1, 0.15) is 55.8 Å². The molecule has 1 amide bonds. The fourth-order valence-corrected chi connectivity index (χ4v) is 3.37. The summed E-state index contributed by atoms with van der Waals surface area (Å²) in [7, 11) is 1.62. The number of carbonyl (C=O) groups is 1. The maximum absolute atomic E-state index is 11.8. The second kappa shape index (κ2) is 7.69. The lowest BCUT2D eigenvalue weighted by atomic mass is 9.83. The van der Waals surface area contributed by atoms with E-state index in [0.717, 1.165) is 11.6 Å². The maximum atomic E-state index is 11.8. The van der Waals surface area contributed by atoms with Crippen LogP contribution in [0.15, 0.2) is 18.2 Å². The van der Waals surface area contributed by atoms with Crippen molar-refractivity contribution in [3.05, 3.63) is 28.8 Å². The minimum absolute atomic E-state index is 0.143. The van der Waals surface area contributed by atoms with Gasteiger partial charge in [-0.15, -0.1) is 0 Å². The first kappa shape index (κ1) is 16.2. The second-order valence-corrected chi connectivity index (χ2v) is 6.33. The highest BCUT2D eigenvalue weighted by Gasteiger charge is 2.20. The molecule has 0 bridgehead atoms. The molecule has 0 aliphatic heterocycles. The van der Waals surface area contributed by atoms with Gasteiger partial charge in [-0.2, -0.15) is 0 Å². The topological polar surface area (TPSA) is 41.1 Å².